The van der Waals surface area contributed by atoms with Gasteiger partial charge in [0.05, 0.1) is 19.2 Å². The zero-order chi connectivity index (χ0) is 17.6. The largest absolute Gasteiger partial charge is 0.379 e. The molecular weight excluding hydrogens is 318 g/mol. The Morgan fingerprint density at radius 3 is 2.84 bits per heavy atom. The van der Waals surface area contributed by atoms with E-state index in [2.05, 4.69) is 46.3 Å². The number of hydrogen-bond acceptors (Lipinski definition) is 5. The predicted octanol–water partition coefficient (Wildman–Crippen LogP) is 1.04. The predicted molar refractivity (Wildman–Crippen MR) is 98.0 cm³/mol. The Balaban J connectivity index is 1.44. The van der Waals surface area contributed by atoms with E-state index in [0.29, 0.717) is 19.8 Å². The van der Waals surface area contributed by atoms with Crippen molar-refractivity contribution in [1.82, 2.24) is 10.2 Å². The van der Waals surface area contributed by atoms with E-state index in [0.717, 1.165) is 32.6 Å². The molecule has 2 atom stereocenters. The van der Waals surface area contributed by atoms with Crippen molar-refractivity contribution < 1.29 is 14.3 Å². The Morgan fingerprint density at radius 1 is 1.32 bits per heavy atom. The van der Waals surface area contributed by atoms with Crippen molar-refractivity contribution in [2.24, 2.45) is 0 Å². The number of nitrogens with one attached hydrogen (secondary N) is 1. The zero-order valence-electron chi connectivity index (χ0n) is 15.2. The lowest BCUT2D eigenvalue weighted by Gasteiger charge is -2.36. The molecule has 2 heterocycles. The fourth-order valence-corrected chi connectivity index (χ4v) is 3.55. The van der Waals surface area contributed by atoms with Crippen LogP contribution in [0.15, 0.2) is 24.3 Å². The number of aryl methyl sites for hydroxylation is 1. The summed E-state index contributed by atoms with van der Waals surface area (Å²) < 4.78 is 10.8. The smallest absolute Gasteiger partial charge is 0.234 e. The minimum Gasteiger partial charge on any atom is -0.379 e. The van der Waals surface area contributed by atoms with E-state index < -0.39 is 0 Å². The van der Waals surface area contributed by atoms with E-state index in [-0.39, 0.29) is 18.1 Å². The highest BCUT2D eigenvalue weighted by Gasteiger charge is 2.28. The van der Waals surface area contributed by atoms with Crippen LogP contribution in [0.2, 0.25) is 0 Å². The van der Waals surface area contributed by atoms with Gasteiger partial charge in [-0.15, -0.1) is 0 Å². The maximum absolute atomic E-state index is 12.4. The third-order valence-corrected chi connectivity index (χ3v) is 5.06. The molecule has 0 unspecified atom stereocenters. The van der Waals surface area contributed by atoms with Crippen LogP contribution in [0, 0.1) is 6.92 Å². The van der Waals surface area contributed by atoms with Gasteiger partial charge in [0.25, 0.3) is 0 Å². The number of amides is 1. The molecule has 0 bridgehead atoms. The van der Waals surface area contributed by atoms with Gasteiger partial charge in [-0.2, -0.15) is 0 Å². The molecule has 0 radical (unpaired) electrons. The molecule has 0 spiro atoms. The normalized spacial score (nSPS) is 25.0. The lowest BCUT2D eigenvalue weighted by Crippen LogP contribution is -2.54. The molecule has 1 aromatic rings. The summed E-state index contributed by atoms with van der Waals surface area (Å²) in [6, 6.07) is 8.65. The molecule has 0 aromatic heterocycles. The monoisotopic (exact) mass is 347 g/mol. The van der Waals surface area contributed by atoms with Gasteiger partial charge >= 0.3 is 0 Å². The maximum Gasteiger partial charge on any atom is 0.234 e. The number of hydrogen-bond donors (Lipinski definition) is 1. The number of benzene rings is 1. The van der Waals surface area contributed by atoms with E-state index >= 15 is 0 Å². The van der Waals surface area contributed by atoms with Crippen molar-refractivity contribution >= 4 is 11.6 Å². The van der Waals surface area contributed by atoms with Gasteiger partial charge < -0.3 is 19.7 Å². The molecule has 1 N–H and O–H groups in total. The van der Waals surface area contributed by atoms with Crippen molar-refractivity contribution in [2.75, 3.05) is 57.9 Å². The number of carbonyl (C=O) groups is 1. The molecule has 25 heavy (non-hydrogen) atoms. The SMILES string of the molecule is CO[C@@H]1COCC[C@H]1NC(=O)CN1CCN(c2cccc(C)c2)CC1. The average Bonchev–Trinajstić information content (AvgIpc) is 2.63. The summed E-state index contributed by atoms with van der Waals surface area (Å²) in [6.07, 6.45) is 0.765. The third-order valence-electron chi connectivity index (χ3n) is 5.06. The Kier molecular flexibility index (Phi) is 6.29. The molecule has 3 rings (SSSR count). The maximum atomic E-state index is 12.4. The summed E-state index contributed by atoms with van der Waals surface area (Å²) >= 11 is 0. The van der Waals surface area contributed by atoms with Crippen LogP contribution in [-0.2, 0) is 14.3 Å². The number of ether oxygens (including phenoxy) is 2. The molecule has 2 fully saturated rings. The Morgan fingerprint density at radius 2 is 2.12 bits per heavy atom. The molecule has 2 aliphatic rings. The van der Waals surface area contributed by atoms with Gasteiger partial charge in [-0.1, -0.05) is 12.1 Å². The summed E-state index contributed by atoms with van der Waals surface area (Å²) in [7, 11) is 1.67. The van der Waals surface area contributed by atoms with Crippen LogP contribution >= 0.6 is 0 Å². The Bertz CT molecular complexity index is 573. The van der Waals surface area contributed by atoms with Crippen LogP contribution in [0.4, 0.5) is 5.69 Å². The van der Waals surface area contributed by atoms with Crippen molar-refractivity contribution in [3.05, 3.63) is 29.8 Å². The molecule has 2 aliphatic heterocycles. The highest BCUT2D eigenvalue weighted by molar-refractivity contribution is 5.78. The molecule has 0 saturated carbocycles. The lowest BCUT2D eigenvalue weighted by molar-refractivity contribution is -0.126. The second kappa shape index (κ2) is 8.65. The zero-order valence-corrected chi connectivity index (χ0v) is 15.2. The van der Waals surface area contributed by atoms with Crippen molar-refractivity contribution in [3.63, 3.8) is 0 Å². The molecule has 1 aromatic carbocycles. The topological polar surface area (TPSA) is 54.0 Å². The van der Waals surface area contributed by atoms with Crippen LogP contribution in [-0.4, -0.2) is 76.0 Å². The van der Waals surface area contributed by atoms with E-state index in [1.54, 1.807) is 7.11 Å². The first-order valence-electron chi connectivity index (χ1n) is 9.09. The van der Waals surface area contributed by atoms with Crippen LogP contribution in [0.5, 0.6) is 0 Å². The number of methoxy groups -OCH3 is 1. The van der Waals surface area contributed by atoms with Gasteiger partial charge in [0.1, 0.15) is 6.10 Å². The van der Waals surface area contributed by atoms with Gasteiger partial charge in [0, 0.05) is 45.6 Å². The first-order chi connectivity index (χ1) is 12.2. The summed E-state index contributed by atoms with van der Waals surface area (Å²) in [5.41, 5.74) is 2.55. The summed E-state index contributed by atoms with van der Waals surface area (Å²) in [5.74, 6) is 0.0814. The van der Waals surface area contributed by atoms with Crippen molar-refractivity contribution in [2.45, 2.75) is 25.5 Å². The van der Waals surface area contributed by atoms with Crippen LogP contribution in [0.3, 0.4) is 0 Å². The van der Waals surface area contributed by atoms with Gasteiger partial charge in [-0.25, -0.2) is 0 Å². The first kappa shape index (κ1) is 18.2. The first-order valence-corrected chi connectivity index (χ1v) is 9.09. The van der Waals surface area contributed by atoms with Crippen LogP contribution in [0.1, 0.15) is 12.0 Å². The van der Waals surface area contributed by atoms with Gasteiger partial charge in [0.2, 0.25) is 5.91 Å². The fourth-order valence-electron chi connectivity index (χ4n) is 3.55. The second-order valence-corrected chi connectivity index (χ2v) is 6.91. The highest BCUT2D eigenvalue weighted by atomic mass is 16.5. The minimum atomic E-state index is -0.0455. The van der Waals surface area contributed by atoms with Crippen LogP contribution in [0.25, 0.3) is 0 Å². The number of carbonyl (C=O) groups excluding carboxylic acids is 1. The molecule has 0 aliphatic carbocycles. The molecule has 138 valence electrons. The third kappa shape index (κ3) is 4.93. The quantitative estimate of drug-likeness (QED) is 0.862. The number of rotatable bonds is 5. The average molecular weight is 347 g/mol. The van der Waals surface area contributed by atoms with Gasteiger partial charge in [-0.3, -0.25) is 9.69 Å². The van der Waals surface area contributed by atoms with E-state index in [1.807, 2.05) is 0 Å². The molecule has 6 heteroatoms. The lowest BCUT2D eigenvalue weighted by atomic mass is 10.1. The molecule has 6 nitrogen and oxygen atoms in total. The Labute approximate surface area is 150 Å². The molecular formula is C19H29N3O3. The van der Waals surface area contributed by atoms with E-state index in [1.165, 1.54) is 11.3 Å². The highest BCUT2D eigenvalue weighted by Crippen LogP contribution is 2.17. The van der Waals surface area contributed by atoms with Crippen molar-refractivity contribution in [3.8, 4) is 0 Å². The minimum absolute atomic E-state index is 0.0455. The van der Waals surface area contributed by atoms with E-state index in [4.69, 9.17) is 9.47 Å². The van der Waals surface area contributed by atoms with Crippen LogP contribution < -0.4 is 10.2 Å². The molecule has 2 saturated heterocycles. The summed E-state index contributed by atoms with van der Waals surface area (Å²) in [5, 5.41) is 3.12. The van der Waals surface area contributed by atoms with E-state index in [9.17, 15) is 4.79 Å². The van der Waals surface area contributed by atoms with Gasteiger partial charge in [-0.05, 0) is 31.0 Å². The summed E-state index contributed by atoms with van der Waals surface area (Å²) in [6.45, 7) is 7.52. The van der Waals surface area contributed by atoms with Crippen molar-refractivity contribution in [1.29, 1.82) is 0 Å². The number of nitrogens with zero attached hydrogens (tertiary/aromatic N) is 2. The number of piperazine rings is 1. The molecule has 1 amide bonds. The summed E-state index contributed by atoms with van der Waals surface area (Å²) in [4.78, 5) is 17.0. The second-order valence-electron chi connectivity index (χ2n) is 6.91. The Hall–Kier alpha value is -1.63. The number of anilines is 1. The fraction of sp³-hybridized carbons (Fsp3) is 0.632. The standard InChI is InChI=1S/C19H29N3O3/c1-15-4-3-5-16(12-15)22-9-7-21(8-10-22)13-19(23)20-17-6-11-25-14-18(17)24-2/h3-5,12,17-18H,6-11,13-14H2,1-2H3,(H,20,23)/t17-,18-/m1/s1. The van der Waals surface area contributed by atoms with Gasteiger partial charge in [0.15, 0.2) is 0 Å².